The molecular weight excluding hydrogens is 216 g/mol. The topological polar surface area (TPSA) is 39.4 Å². The fourth-order valence-electron chi connectivity index (χ4n) is 1.07. The normalized spacial score (nSPS) is 9.93. The molecule has 0 saturated heterocycles. The molecule has 0 bridgehead atoms. The molecule has 1 aromatic carbocycles. The van der Waals surface area contributed by atoms with E-state index in [2.05, 4.69) is 0 Å². The maximum atomic E-state index is 11.5. The number of hydrogen-bond donors (Lipinski definition) is 0. The number of furan rings is 1. The molecule has 0 aliphatic rings. The second-order valence-electron chi connectivity index (χ2n) is 2.80. The van der Waals surface area contributed by atoms with E-state index in [1.165, 1.54) is 12.3 Å². The lowest BCUT2D eigenvalue weighted by molar-refractivity contribution is 0.0701. The molecular formula is C11H7ClO3. The molecule has 0 aliphatic carbocycles. The number of carbonyl (C=O) groups is 1. The summed E-state index contributed by atoms with van der Waals surface area (Å²) < 4.78 is 9.91. The zero-order valence-electron chi connectivity index (χ0n) is 7.64. The third kappa shape index (κ3) is 2.19. The maximum Gasteiger partial charge on any atom is 0.379 e. The van der Waals surface area contributed by atoms with Gasteiger partial charge in [-0.15, -0.1) is 0 Å². The van der Waals surface area contributed by atoms with Crippen LogP contribution >= 0.6 is 11.6 Å². The second kappa shape index (κ2) is 4.19. The molecule has 76 valence electrons. The number of ether oxygens (including phenoxy) is 1. The van der Waals surface area contributed by atoms with Crippen LogP contribution in [-0.4, -0.2) is 5.97 Å². The molecule has 0 aliphatic heterocycles. The minimum Gasteiger partial charge on any atom is -0.457 e. The van der Waals surface area contributed by atoms with E-state index in [-0.39, 0.29) is 5.76 Å². The first kappa shape index (κ1) is 9.80. The molecule has 0 spiro atoms. The van der Waals surface area contributed by atoms with Crippen molar-refractivity contribution >= 4 is 17.6 Å². The van der Waals surface area contributed by atoms with Gasteiger partial charge in [0.2, 0.25) is 5.76 Å². The molecule has 0 radical (unpaired) electrons. The molecule has 0 amide bonds. The second-order valence-corrected chi connectivity index (χ2v) is 3.20. The van der Waals surface area contributed by atoms with E-state index in [9.17, 15) is 4.79 Å². The van der Waals surface area contributed by atoms with E-state index in [1.54, 1.807) is 30.3 Å². The Kier molecular flexibility index (Phi) is 2.74. The molecule has 0 saturated carbocycles. The smallest absolute Gasteiger partial charge is 0.379 e. The van der Waals surface area contributed by atoms with Gasteiger partial charge in [-0.2, -0.15) is 0 Å². The van der Waals surface area contributed by atoms with Crippen LogP contribution in [0.15, 0.2) is 47.1 Å². The van der Waals surface area contributed by atoms with Crippen LogP contribution in [0.1, 0.15) is 10.6 Å². The van der Waals surface area contributed by atoms with Crippen molar-refractivity contribution in [2.75, 3.05) is 0 Å². The van der Waals surface area contributed by atoms with E-state index in [0.29, 0.717) is 10.8 Å². The minimum absolute atomic E-state index is 0.148. The largest absolute Gasteiger partial charge is 0.457 e. The average molecular weight is 223 g/mol. The lowest BCUT2D eigenvalue weighted by Crippen LogP contribution is -2.07. The van der Waals surface area contributed by atoms with Gasteiger partial charge in [0.25, 0.3) is 0 Å². The highest BCUT2D eigenvalue weighted by Crippen LogP contribution is 2.24. The minimum atomic E-state index is -0.562. The number of para-hydroxylation sites is 1. The highest BCUT2D eigenvalue weighted by Gasteiger charge is 2.12. The molecule has 2 aromatic rings. The summed E-state index contributed by atoms with van der Waals surface area (Å²) in [6.07, 6.45) is 1.41. The van der Waals surface area contributed by atoms with Crippen LogP contribution in [0.25, 0.3) is 0 Å². The highest BCUT2D eigenvalue weighted by molar-refractivity contribution is 6.32. The van der Waals surface area contributed by atoms with Gasteiger partial charge in [0, 0.05) is 0 Å². The van der Waals surface area contributed by atoms with E-state index in [1.807, 2.05) is 0 Å². The molecule has 1 heterocycles. The third-order valence-electron chi connectivity index (χ3n) is 1.76. The standard InChI is InChI=1S/C11H7ClO3/c12-8-4-1-2-5-9(8)15-11(13)10-6-3-7-14-10/h1-7H. The van der Waals surface area contributed by atoms with E-state index >= 15 is 0 Å². The van der Waals surface area contributed by atoms with Crippen molar-refractivity contribution in [2.24, 2.45) is 0 Å². The van der Waals surface area contributed by atoms with Gasteiger partial charge < -0.3 is 9.15 Å². The van der Waals surface area contributed by atoms with Crippen LogP contribution in [0.4, 0.5) is 0 Å². The zero-order valence-corrected chi connectivity index (χ0v) is 8.40. The molecule has 2 rings (SSSR count). The molecule has 3 nitrogen and oxygen atoms in total. The summed E-state index contributed by atoms with van der Waals surface area (Å²) >= 11 is 5.82. The van der Waals surface area contributed by atoms with Gasteiger partial charge in [0.1, 0.15) is 5.75 Å². The van der Waals surface area contributed by atoms with E-state index in [4.69, 9.17) is 20.8 Å². The fourth-order valence-corrected chi connectivity index (χ4v) is 1.25. The van der Waals surface area contributed by atoms with Crippen LogP contribution in [0.3, 0.4) is 0 Å². The molecule has 4 heteroatoms. The number of carbonyl (C=O) groups excluding carboxylic acids is 1. The van der Waals surface area contributed by atoms with Crippen LogP contribution in [-0.2, 0) is 0 Å². The lowest BCUT2D eigenvalue weighted by Gasteiger charge is -2.03. The third-order valence-corrected chi connectivity index (χ3v) is 2.07. The van der Waals surface area contributed by atoms with Crippen molar-refractivity contribution in [1.29, 1.82) is 0 Å². The first-order valence-electron chi connectivity index (χ1n) is 4.27. The quantitative estimate of drug-likeness (QED) is 0.579. The summed E-state index contributed by atoms with van der Waals surface area (Å²) in [6, 6.07) is 9.89. The number of halogens is 1. The molecule has 15 heavy (non-hydrogen) atoms. The Morgan fingerprint density at radius 2 is 2.00 bits per heavy atom. The van der Waals surface area contributed by atoms with Gasteiger partial charge in [-0.3, -0.25) is 0 Å². The Bertz CT molecular complexity index is 462. The number of rotatable bonds is 2. The summed E-state index contributed by atoms with van der Waals surface area (Å²) in [5.74, 6) is -0.0939. The maximum absolute atomic E-state index is 11.5. The first-order chi connectivity index (χ1) is 7.27. The van der Waals surface area contributed by atoms with Crippen molar-refractivity contribution in [2.45, 2.75) is 0 Å². The molecule has 1 aromatic heterocycles. The fraction of sp³-hybridized carbons (Fsp3) is 0. The van der Waals surface area contributed by atoms with Crippen LogP contribution in [0.5, 0.6) is 5.75 Å². The predicted molar refractivity (Wildman–Crippen MR) is 55.1 cm³/mol. The summed E-state index contributed by atoms with van der Waals surface area (Å²) in [4.78, 5) is 11.5. The number of hydrogen-bond acceptors (Lipinski definition) is 3. The van der Waals surface area contributed by atoms with Gasteiger partial charge in [-0.1, -0.05) is 23.7 Å². The lowest BCUT2D eigenvalue weighted by atomic mass is 10.3. The van der Waals surface area contributed by atoms with Crippen molar-refractivity contribution in [1.82, 2.24) is 0 Å². The van der Waals surface area contributed by atoms with E-state index in [0.717, 1.165) is 0 Å². The Hall–Kier alpha value is -1.74. The van der Waals surface area contributed by atoms with Gasteiger partial charge >= 0.3 is 5.97 Å². The summed E-state index contributed by atoms with van der Waals surface area (Å²) in [5, 5.41) is 0.386. The highest BCUT2D eigenvalue weighted by atomic mass is 35.5. The Morgan fingerprint density at radius 3 is 2.67 bits per heavy atom. The summed E-state index contributed by atoms with van der Waals surface area (Å²) in [7, 11) is 0. The summed E-state index contributed by atoms with van der Waals surface area (Å²) in [5.41, 5.74) is 0. The van der Waals surface area contributed by atoms with Crippen LogP contribution in [0, 0.1) is 0 Å². The van der Waals surface area contributed by atoms with Crippen molar-refractivity contribution in [3.8, 4) is 5.75 Å². The number of benzene rings is 1. The molecule has 0 N–H and O–H groups in total. The van der Waals surface area contributed by atoms with Crippen LogP contribution in [0.2, 0.25) is 5.02 Å². The van der Waals surface area contributed by atoms with Gasteiger partial charge in [0.05, 0.1) is 11.3 Å². The average Bonchev–Trinajstić information content (AvgIpc) is 2.74. The van der Waals surface area contributed by atoms with E-state index < -0.39 is 5.97 Å². The monoisotopic (exact) mass is 222 g/mol. The van der Waals surface area contributed by atoms with Gasteiger partial charge in [-0.25, -0.2) is 4.79 Å². The van der Waals surface area contributed by atoms with Crippen molar-refractivity contribution in [3.05, 3.63) is 53.4 Å². The van der Waals surface area contributed by atoms with Crippen molar-refractivity contribution < 1.29 is 13.9 Å². The van der Waals surface area contributed by atoms with Gasteiger partial charge in [-0.05, 0) is 24.3 Å². The van der Waals surface area contributed by atoms with Crippen molar-refractivity contribution in [3.63, 3.8) is 0 Å². The number of esters is 1. The predicted octanol–water partition coefficient (Wildman–Crippen LogP) is 3.15. The molecule has 0 atom stereocenters. The first-order valence-corrected chi connectivity index (χ1v) is 4.65. The van der Waals surface area contributed by atoms with Crippen LogP contribution < -0.4 is 4.74 Å². The molecule has 0 fully saturated rings. The zero-order chi connectivity index (χ0) is 10.7. The SMILES string of the molecule is O=C(Oc1ccccc1Cl)c1ccco1. The Labute approximate surface area is 91.2 Å². The Morgan fingerprint density at radius 1 is 1.20 bits per heavy atom. The Balaban J connectivity index is 2.17. The van der Waals surface area contributed by atoms with Gasteiger partial charge in [0.15, 0.2) is 0 Å². The summed E-state index contributed by atoms with van der Waals surface area (Å²) in [6.45, 7) is 0. The molecule has 0 unspecified atom stereocenters.